The average molecular weight is 495 g/mol. The molecule has 2 fully saturated rings. The van der Waals surface area contributed by atoms with Crippen LogP contribution in [0.25, 0.3) is 0 Å². The molecule has 1 atom stereocenters. The Labute approximate surface area is 207 Å². The fourth-order valence-electron chi connectivity index (χ4n) is 4.66. The summed E-state index contributed by atoms with van der Waals surface area (Å²) >= 11 is 0. The van der Waals surface area contributed by atoms with Gasteiger partial charge in [0.15, 0.2) is 0 Å². The van der Waals surface area contributed by atoms with E-state index in [4.69, 9.17) is 10.3 Å². The smallest absolute Gasteiger partial charge is 0.288 e. The quantitative estimate of drug-likeness (QED) is 0.644. The zero-order valence-electron chi connectivity index (χ0n) is 20.1. The number of nitrogens with zero attached hydrogens (tertiary/aromatic N) is 4. The zero-order chi connectivity index (χ0) is 25.4. The van der Waals surface area contributed by atoms with Crippen LogP contribution in [0.2, 0.25) is 0 Å². The van der Waals surface area contributed by atoms with Crippen LogP contribution < -0.4 is 0 Å². The van der Waals surface area contributed by atoms with Crippen LogP contribution in [0, 0.1) is 11.3 Å². The number of piperidine rings is 1. The Morgan fingerprint density at radius 3 is 2.20 bits per heavy atom. The standard InChI is InChI=1S/C26H30N4O4S/c1-26(2,3)30-25(32)22(23(35(30,33)34)19-7-5-4-6-8-19)28-21-13-15-29(16-14-21)24(31)20-11-9-18(17-27)10-12-20/h4-12,21,23,33-34H,13-16H2,1-3H3. The van der Waals surface area contributed by atoms with E-state index in [9.17, 15) is 18.7 Å². The highest BCUT2D eigenvalue weighted by molar-refractivity contribution is 8.24. The zero-order valence-corrected chi connectivity index (χ0v) is 20.9. The summed E-state index contributed by atoms with van der Waals surface area (Å²) < 4.78 is 23.7. The number of nitriles is 1. The maximum Gasteiger partial charge on any atom is 0.288 e. The summed E-state index contributed by atoms with van der Waals surface area (Å²) in [4.78, 5) is 32.8. The molecule has 8 nitrogen and oxygen atoms in total. The number of aliphatic imine (C=N–C) groups is 1. The van der Waals surface area contributed by atoms with Crippen LogP contribution in [-0.2, 0) is 4.79 Å². The number of hydrogen-bond acceptors (Lipinski definition) is 6. The minimum atomic E-state index is -3.49. The lowest BCUT2D eigenvalue weighted by Gasteiger charge is -2.46. The summed E-state index contributed by atoms with van der Waals surface area (Å²) in [6.07, 6.45) is 1.13. The van der Waals surface area contributed by atoms with E-state index in [1.807, 2.05) is 12.1 Å². The Morgan fingerprint density at radius 1 is 1.06 bits per heavy atom. The monoisotopic (exact) mass is 494 g/mol. The lowest BCUT2D eigenvalue weighted by molar-refractivity contribution is -0.122. The predicted molar refractivity (Wildman–Crippen MR) is 136 cm³/mol. The molecule has 0 aromatic heterocycles. The van der Waals surface area contributed by atoms with Gasteiger partial charge >= 0.3 is 0 Å². The molecule has 0 saturated carbocycles. The van der Waals surface area contributed by atoms with Crippen molar-refractivity contribution in [1.82, 2.24) is 9.21 Å². The molecule has 2 amide bonds. The van der Waals surface area contributed by atoms with Gasteiger partial charge in [-0.15, -0.1) is 10.8 Å². The number of rotatable bonds is 3. The number of amides is 2. The summed E-state index contributed by atoms with van der Waals surface area (Å²) in [6.45, 7) is 6.28. The van der Waals surface area contributed by atoms with Gasteiger partial charge in [-0.3, -0.25) is 23.7 Å². The van der Waals surface area contributed by atoms with Crippen molar-refractivity contribution in [3.05, 3.63) is 71.3 Å². The summed E-state index contributed by atoms with van der Waals surface area (Å²) in [7, 11) is -3.49. The van der Waals surface area contributed by atoms with E-state index in [2.05, 4.69) is 0 Å². The van der Waals surface area contributed by atoms with Gasteiger partial charge in [-0.25, -0.2) is 4.31 Å². The fraction of sp³-hybridized carbons (Fsp3) is 0.385. The molecule has 2 aliphatic rings. The molecular formula is C26H30N4O4S. The maximum absolute atomic E-state index is 13.4. The Morgan fingerprint density at radius 2 is 1.66 bits per heavy atom. The Balaban J connectivity index is 1.56. The lowest BCUT2D eigenvalue weighted by Crippen LogP contribution is -2.44. The normalized spacial score (nSPS) is 22.8. The molecule has 1 unspecified atom stereocenters. The first kappa shape index (κ1) is 24.9. The number of carbonyl (C=O) groups excluding carboxylic acids is 2. The van der Waals surface area contributed by atoms with E-state index < -0.39 is 27.5 Å². The molecule has 4 rings (SSSR count). The number of hydrogen-bond donors (Lipinski definition) is 2. The second kappa shape index (κ2) is 9.46. The van der Waals surface area contributed by atoms with E-state index in [0.717, 1.165) is 0 Å². The van der Waals surface area contributed by atoms with Crippen molar-refractivity contribution in [3.63, 3.8) is 0 Å². The molecule has 2 aromatic carbocycles. The van der Waals surface area contributed by atoms with Crippen LogP contribution in [0.5, 0.6) is 0 Å². The van der Waals surface area contributed by atoms with Gasteiger partial charge in [0.25, 0.3) is 11.8 Å². The van der Waals surface area contributed by atoms with E-state index >= 15 is 0 Å². The van der Waals surface area contributed by atoms with Crippen molar-refractivity contribution in [3.8, 4) is 6.07 Å². The van der Waals surface area contributed by atoms with Gasteiger partial charge < -0.3 is 4.90 Å². The van der Waals surface area contributed by atoms with Gasteiger partial charge in [-0.2, -0.15) is 5.26 Å². The second-order valence-electron chi connectivity index (χ2n) is 9.85. The highest BCUT2D eigenvalue weighted by Gasteiger charge is 2.54. The summed E-state index contributed by atoms with van der Waals surface area (Å²) in [5.74, 6) is -0.560. The van der Waals surface area contributed by atoms with Gasteiger partial charge in [-0.1, -0.05) is 30.3 Å². The summed E-state index contributed by atoms with van der Waals surface area (Å²) in [6, 6.07) is 17.4. The fourth-order valence-corrected chi connectivity index (χ4v) is 6.99. The Bertz CT molecular complexity index is 1170. The third-order valence-corrected chi connectivity index (χ3v) is 8.66. The first-order valence-corrected chi connectivity index (χ1v) is 13.1. The number of carbonyl (C=O) groups is 2. The molecule has 0 bridgehead atoms. The first-order chi connectivity index (χ1) is 16.5. The van der Waals surface area contributed by atoms with Crippen LogP contribution in [0.15, 0.2) is 59.6 Å². The number of benzene rings is 2. The van der Waals surface area contributed by atoms with Crippen LogP contribution in [0.1, 0.15) is 60.3 Å². The van der Waals surface area contributed by atoms with Crippen molar-refractivity contribution < 1.29 is 18.7 Å². The summed E-state index contributed by atoms with van der Waals surface area (Å²) in [5.41, 5.74) is 1.04. The predicted octanol–water partition coefficient (Wildman–Crippen LogP) is 4.65. The molecular weight excluding hydrogens is 464 g/mol. The largest absolute Gasteiger partial charge is 0.338 e. The molecule has 0 radical (unpaired) electrons. The minimum Gasteiger partial charge on any atom is -0.338 e. The van der Waals surface area contributed by atoms with Crippen LogP contribution in [0.4, 0.5) is 0 Å². The van der Waals surface area contributed by atoms with Crippen molar-refractivity contribution >= 4 is 28.3 Å². The van der Waals surface area contributed by atoms with E-state index in [1.54, 1.807) is 74.2 Å². The highest BCUT2D eigenvalue weighted by atomic mass is 32.3. The minimum absolute atomic E-state index is 0.104. The Hall–Kier alpha value is -3.19. The van der Waals surface area contributed by atoms with Crippen molar-refractivity contribution in [2.75, 3.05) is 13.1 Å². The van der Waals surface area contributed by atoms with Crippen LogP contribution in [-0.4, -0.2) is 60.5 Å². The molecule has 0 spiro atoms. The SMILES string of the molecule is CC(C)(C)N1C(=O)C(=NC2CCN(C(=O)c3ccc(C#N)cc3)CC2)C(c2ccccc2)S1(O)O. The van der Waals surface area contributed by atoms with E-state index in [0.29, 0.717) is 42.6 Å². The average Bonchev–Trinajstić information content (AvgIpc) is 3.03. The van der Waals surface area contributed by atoms with Crippen molar-refractivity contribution in [2.24, 2.45) is 4.99 Å². The van der Waals surface area contributed by atoms with Crippen LogP contribution in [0.3, 0.4) is 0 Å². The third-order valence-electron chi connectivity index (χ3n) is 6.28. The van der Waals surface area contributed by atoms with Crippen molar-refractivity contribution in [1.29, 1.82) is 5.26 Å². The molecule has 2 N–H and O–H groups in total. The first-order valence-electron chi connectivity index (χ1n) is 11.6. The molecule has 2 aromatic rings. The molecule has 9 heteroatoms. The van der Waals surface area contributed by atoms with Gasteiger partial charge in [0.2, 0.25) is 0 Å². The molecule has 35 heavy (non-hydrogen) atoms. The van der Waals surface area contributed by atoms with Gasteiger partial charge in [0.1, 0.15) is 11.0 Å². The summed E-state index contributed by atoms with van der Waals surface area (Å²) in [5, 5.41) is 8.03. The Kier molecular flexibility index (Phi) is 6.73. The third kappa shape index (κ3) is 4.82. The van der Waals surface area contributed by atoms with E-state index in [-0.39, 0.29) is 17.7 Å². The van der Waals surface area contributed by atoms with Gasteiger partial charge in [0, 0.05) is 18.7 Å². The molecule has 2 saturated heterocycles. The number of likely N-dealkylation sites (tertiary alicyclic amines) is 1. The van der Waals surface area contributed by atoms with Crippen LogP contribution >= 0.6 is 10.8 Å². The molecule has 0 aliphatic carbocycles. The van der Waals surface area contributed by atoms with Crippen molar-refractivity contribution in [2.45, 2.75) is 50.4 Å². The highest BCUT2D eigenvalue weighted by Crippen LogP contribution is 2.64. The van der Waals surface area contributed by atoms with E-state index in [1.165, 1.54) is 4.31 Å². The molecule has 2 heterocycles. The molecule has 184 valence electrons. The maximum atomic E-state index is 13.4. The second-order valence-corrected chi connectivity index (χ2v) is 11.8. The molecule has 2 aliphatic heterocycles. The topological polar surface area (TPSA) is 117 Å². The van der Waals surface area contributed by atoms with Gasteiger partial charge in [0.05, 0.1) is 23.2 Å². The van der Waals surface area contributed by atoms with Gasteiger partial charge in [-0.05, 0) is 63.4 Å². The lowest BCUT2D eigenvalue weighted by atomic mass is 10.0.